The molecule has 0 aliphatic heterocycles. The van der Waals surface area contributed by atoms with E-state index in [1.807, 2.05) is 13.8 Å². The minimum Gasteiger partial charge on any atom is -0.333 e. The Labute approximate surface area is 140 Å². The van der Waals surface area contributed by atoms with Gasteiger partial charge in [-0.3, -0.25) is 0 Å². The van der Waals surface area contributed by atoms with Gasteiger partial charge in [-0.2, -0.15) is 0 Å². The van der Waals surface area contributed by atoms with Gasteiger partial charge >= 0.3 is 6.03 Å². The number of hydrogen-bond acceptors (Lipinski definition) is 3. The Bertz CT molecular complexity index is 654. The molecular weight excluding hydrogens is 313 g/mol. The fourth-order valence-corrected chi connectivity index (χ4v) is 3.33. The van der Waals surface area contributed by atoms with E-state index >= 15 is 0 Å². The SMILES string of the molecule is CCCc1nc(C)c(CNC(=O)N[C@H](C)c2ccc(F)cc2)s1. The number of thiazole rings is 1. The van der Waals surface area contributed by atoms with Crippen LogP contribution in [0.4, 0.5) is 9.18 Å². The molecule has 2 aromatic rings. The highest BCUT2D eigenvalue weighted by Crippen LogP contribution is 2.19. The lowest BCUT2D eigenvalue weighted by Crippen LogP contribution is -2.36. The predicted octanol–water partition coefficient (Wildman–Crippen LogP) is 4.10. The summed E-state index contributed by atoms with van der Waals surface area (Å²) in [6.07, 6.45) is 2.04. The van der Waals surface area contributed by atoms with Crippen LogP contribution in [0.25, 0.3) is 0 Å². The van der Waals surface area contributed by atoms with Crippen LogP contribution in [0.15, 0.2) is 24.3 Å². The number of benzene rings is 1. The van der Waals surface area contributed by atoms with Crippen LogP contribution in [0.3, 0.4) is 0 Å². The number of hydrogen-bond donors (Lipinski definition) is 2. The van der Waals surface area contributed by atoms with Gasteiger partial charge in [-0.1, -0.05) is 19.1 Å². The summed E-state index contributed by atoms with van der Waals surface area (Å²) < 4.78 is 12.9. The second-order valence-electron chi connectivity index (χ2n) is 5.47. The number of nitrogens with zero attached hydrogens (tertiary/aromatic N) is 1. The Morgan fingerprint density at radius 3 is 2.70 bits per heavy atom. The lowest BCUT2D eigenvalue weighted by atomic mass is 10.1. The fraction of sp³-hybridized carbons (Fsp3) is 0.412. The monoisotopic (exact) mass is 335 g/mol. The molecule has 23 heavy (non-hydrogen) atoms. The molecule has 1 aromatic carbocycles. The van der Waals surface area contributed by atoms with E-state index in [0.717, 1.165) is 34.0 Å². The van der Waals surface area contributed by atoms with Gasteiger partial charge in [0, 0.05) is 4.88 Å². The highest BCUT2D eigenvalue weighted by atomic mass is 32.1. The first-order valence-electron chi connectivity index (χ1n) is 7.74. The molecule has 1 atom stereocenters. The summed E-state index contributed by atoms with van der Waals surface area (Å²) in [5.41, 5.74) is 1.84. The average molecular weight is 335 g/mol. The lowest BCUT2D eigenvalue weighted by Gasteiger charge is -2.15. The first-order chi connectivity index (χ1) is 11.0. The van der Waals surface area contributed by atoms with Crippen LogP contribution >= 0.6 is 11.3 Å². The molecule has 2 rings (SSSR count). The van der Waals surface area contributed by atoms with Crippen molar-refractivity contribution in [3.8, 4) is 0 Å². The maximum atomic E-state index is 12.9. The Balaban J connectivity index is 1.86. The minimum atomic E-state index is -0.283. The van der Waals surface area contributed by atoms with E-state index < -0.39 is 0 Å². The molecule has 0 saturated carbocycles. The van der Waals surface area contributed by atoms with Crippen LogP contribution in [0, 0.1) is 12.7 Å². The zero-order valence-corrected chi connectivity index (χ0v) is 14.5. The standard InChI is InChI=1S/C17H22FN3OS/c1-4-5-16-20-12(3)15(23-16)10-19-17(22)21-11(2)13-6-8-14(18)9-7-13/h6-9,11H,4-5,10H2,1-3H3,(H2,19,21,22)/t11-/m1/s1. The van der Waals surface area contributed by atoms with Gasteiger partial charge in [0.25, 0.3) is 0 Å². The topological polar surface area (TPSA) is 54.0 Å². The molecule has 1 aromatic heterocycles. The van der Waals surface area contributed by atoms with Crippen LogP contribution in [0.5, 0.6) is 0 Å². The number of amides is 2. The van der Waals surface area contributed by atoms with E-state index in [4.69, 9.17) is 0 Å². The van der Waals surface area contributed by atoms with Gasteiger partial charge in [-0.25, -0.2) is 14.2 Å². The zero-order valence-electron chi connectivity index (χ0n) is 13.6. The van der Waals surface area contributed by atoms with E-state index in [1.165, 1.54) is 12.1 Å². The van der Waals surface area contributed by atoms with Crippen LogP contribution in [-0.2, 0) is 13.0 Å². The largest absolute Gasteiger partial charge is 0.333 e. The number of aromatic nitrogens is 1. The molecule has 2 amide bonds. The number of halogens is 1. The molecule has 0 saturated heterocycles. The lowest BCUT2D eigenvalue weighted by molar-refractivity contribution is 0.237. The molecule has 124 valence electrons. The summed E-state index contributed by atoms with van der Waals surface area (Å²) in [7, 11) is 0. The number of carbonyl (C=O) groups excluding carboxylic acids is 1. The third-order valence-electron chi connectivity index (χ3n) is 3.53. The number of rotatable bonds is 6. The molecule has 0 spiro atoms. The Kier molecular flexibility index (Phi) is 6.10. The van der Waals surface area contributed by atoms with Crippen LogP contribution in [-0.4, -0.2) is 11.0 Å². The first kappa shape index (κ1) is 17.4. The number of nitrogens with one attached hydrogen (secondary N) is 2. The second-order valence-corrected chi connectivity index (χ2v) is 6.63. The summed E-state index contributed by atoms with van der Waals surface area (Å²) in [4.78, 5) is 17.6. The van der Waals surface area contributed by atoms with Crippen LogP contribution in [0.1, 0.15) is 47.5 Å². The van der Waals surface area contributed by atoms with Crippen molar-refractivity contribution in [3.05, 3.63) is 51.2 Å². The van der Waals surface area contributed by atoms with Crippen molar-refractivity contribution in [2.45, 2.75) is 46.2 Å². The molecule has 0 aliphatic rings. The Morgan fingerprint density at radius 2 is 2.04 bits per heavy atom. The second kappa shape index (κ2) is 8.06. The number of aryl methyl sites for hydroxylation is 2. The number of urea groups is 1. The summed E-state index contributed by atoms with van der Waals surface area (Å²) in [5.74, 6) is -0.283. The molecule has 2 N–H and O–H groups in total. The molecular formula is C17H22FN3OS. The third kappa shape index (κ3) is 5.03. The zero-order chi connectivity index (χ0) is 16.8. The van der Waals surface area contributed by atoms with Gasteiger partial charge in [0.1, 0.15) is 5.82 Å². The molecule has 0 unspecified atom stereocenters. The van der Waals surface area contributed by atoms with E-state index in [0.29, 0.717) is 6.54 Å². The van der Waals surface area contributed by atoms with Crippen molar-refractivity contribution in [1.29, 1.82) is 0 Å². The highest BCUT2D eigenvalue weighted by molar-refractivity contribution is 7.11. The molecule has 4 nitrogen and oxygen atoms in total. The summed E-state index contributed by atoms with van der Waals surface area (Å²) in [6, 6.07) is 5.69. The van der Waals surface area contributed by atoms with Gasteiger partial charge in [-0.05, 0) is 44.4 Å². The Hall–Kier alpha value is -1.95. The molecule has 0 aliphatic carbocycles. The molecule has 0 radical (unpaired) electrons. The van der Waals surface area contributed by atoms with Crippen molar-refractivity contribution in [2.24, 2.45) is 0 Å². The van der Waals surface area contributed by atoms with Gasteiger partial charge < -0.3 is 10.6 Å². The van der Waals surface area contributed by atoms with Crippen molar-refractivity contribution in [2.75, 3.05) is 0 Å². The van der Waals surface area contributed by atoms with E-state index in [1.54, 1.807) is 23.5 Å². The Morgan fingerprint density at radius 1 is 1.35 bits per heavy atom. The van der Waals surface area contributed by atoms with Gasteiger partial charge in [-0.15, -0.1) is 11.3 Å². The van der Waals surface area contributed by atoms with Crippen molar-refractivity contribution in [1.82, 2.24) is 15.6 Å². The van der Waals surface area contributed by atoms with E-state index in [-0.39, 0.29) is 17.9 Å². The van der Waals surface area contributed by atoms with Crippen molar-refractivity contribution in [3.63, 3.8) is 0 Å². The third-order valence-corrected chi connectivity index (χ3v) is 4.75. The van der Waals surface area contributed by atoms with Gasteiger partial charge in [0.05, 0.1) is 23.3 Å². The summed E-state index contributed by atoms with van der Waals surface area (Å²) in [6.45, 7) is 6.42. The predicted molar refractivity (Wildman–Crippen MR) is 91.0 cm³/mol. The van der Waals surface area contributed by atoms with Crippen molar-refractivity contribution >= 4 is 17.4 Å². The fourth-order valence-electron chi connectivity index (χ4n) is 2.22. The van der Waals surface area contributed by atoms with Crippen molar-refractivity contribution < 1.29 is 9.18 Å². The average Bonchev–Trinajstić information content (AvgIpc) is 2.86. The van der Waals surface area contributed by atoms with Crippen LogP contribution < -0.4 is 10.6 Å². The molecule has 1 heterocycles. The molecule has 0 bridgehead atoms. The first-order valence-corrected chi connectivity index (χ1v) is 8.56. The van der Waals surface area contributed by atoms with Gasteiger partial charge in [0.15, 0.2) is 0 Å². The quantitative estimate of drug-likeness (QED) is 0.835. The minimum absolute atomic E-state index is 0.186. The summed E-state index contributed by atoms with van der Waals surface area (Å²) >= 11 is 1.65. The summed E-state index contributed by atoms with van der Waals surface area (Å²) in [5, 5.41) is 6.82. The highest BCUT2D eigenvalue weighted by Gasteiger charge is 2.11. The molecule has 6 heteroatoms. The maximum absolute atomic E-state index is 12.9. The normalized spacial score (nSPS) is 12.0. The number of carbonyl (C=O) groups is 1. The van der Waals surface area contributed by atoms with Gasteiger partial charge in [0.2, 0.25) is 0 Å². The van der Waals surface area contributed by atoms with Crippen LogP contribution in [0.2, 0.25) is 0 Å². The van der Waals surface area contributed by atoms with E-state index in [2.05, 4.69) is 22.5 Å². The smallest absolute Gasteiger partial charge is 0.315 e. The maximum Gasteiger partial charge on any atom is 0.315 e. The van der Waals surface area contributed by atoms with E-state index in [9.17, 15) is 9.18 Å². The molecule has 0 fully saturated rings.